The Labute approximate surface area is 105 Å². The molecular weight excluding hydrogens is 210 g/mol. The van der Waals surface area contributed by atoms with Crippen molar-refractivity contribution >= 4 is 0 Å². The Kier molecular flexibility index (Phi) is 3.72. The molecule has 3 rings (SSSR count). The summed E-state index contributed by atoms with van der Waals surface area (Å²) in [5.41, 5.74) is 0.493. The Hall–Kier alpha value is -0.0800. The molecule has 1 aliphatic heterocycles. The van der Waals surface area contributed by atoms with Crippen molar-refractivity contribution in [3.63, 3.8) is 0 Å². The molecule has 98 valence electrons. The Morgan fingerprint density at radius 1 is 1.00 bits per heavy atom. The summed E-state index contributed by atoms with van der Waals surface area (Å²) >= 11 is 0. The zero-order chi connectivity index (χ0) is 11.6. The van der Waals surface area contributed by atoms with Crippen molar-refractivity contribution in [2.24, 2.45) is 11.3 Å². The molecule has 1 saturated heterocycles. The molecule has 0 spiro atoms. The molecule has 2 nitrogen and oxygen atoms in total. The van der Waals surface area contributed by atoms with Crippen molar-refractivity contribution in [1.29, 1.82) is 0 Å². The summed E-state index contributed by atoms with van der Waals surface area (Å²) in [5.74, 6) is 0.929. The Morgan fingerprint density at radius 2 is 1.76 bits per heavy atom. The molecule has 1 unspecified atom stereocenters. The minimum Gasteiger partial charge on any atom is -0.381 e. The summed E-state index contributed by atoms with van der Waals surface area (Å²) < 4.78 is 5.77. The van der Waals surface area contributed by atoms with Crippen LogP contribution >= 0.6 is 0 Å². The minimum atomic E-state index is 0.493. The van der Waals surface area contributed by atoms with Gasteiger partial charge in [-0.15, -0.1) is 0 Å². The second kappa shape index (κ2) is 5.27. The van der Waals surface area contributed by atoms with E-state index in [4.69, 9.17) is 4.74 Å². The van der Waals surface area contributed by atoms with Crippen LogP contribution in [0.25, 0.3) is 0 Å². The largest absolute Gasteiger partial charge is 0.381 e. The third-order valence-corrected chi connectivity index (χ3v) is 5.18. The van der Waals surface area contributed by atoms with Gasteiger partial charge in [0.2, 0.25) is 0 Å². The van der Waals surface area contributed by atoms with Crippen molar-refractivity contribution in [1.82, 2.24) is 5.32 Å². The summed E-state index contributed by atoms with van der Waals surface area (Å²) in [5, 5.41) is 3.78. The molecule has 0 aromatic heterocycles. The molecule has 17 heavy (non-hydrogen) atoms. The summed E-state index contributed by atoms with van der Waals surface area (Å²) in [6.45, 7) is 3.25. The lowest BCUT2D eigenvalue weighted by Gasteiger charge is -2.36. The van der Waals surface area contributed by atoms with Crippen LogP contribution in [0.15, 0.2) is 0 Å². The lowest BCUT2D eigenvalue weighted by molar-refractivity contribution is 0.0944. The lowest BCUT2D eigenvalue weighted by atomic mass is 9.71. The van der Waals surface area contributed by atoms with Gasteiger partial charge in [0, 0.05) is 24.6 Å². The first kappa shape index (κ1) is 12.0. The van der Waals surface area contributed by atoms with Crippen molar-refractivity contribution < 1.29 is 4.74 Å². The molecule has 3 fully saturated rings. The first-order valence-corrected chi connectivity index (χ1v) is 7.70. The fourth-order valence-corrected chi connectivity index (χ4v) is 3.76. The van der Waals surface area contributed by atoms with Crippen LogP contribution < -0.4 is 5.32 Å². The smallest absolute Gasteiger partial charge is 0.0538 e. The number of rotatable bonds is 4. The van der Waals surface area contributed by atoms with Gasteiger partial charge in [0.05, 0.1) is 6.61 Å². The van der Waals surface area contributed by atoms with E-state index in [0.717, 1.165) is 25.2 Å². The highest BCUT2D eigenvalue weighted by Gasteiger charge is 2.42. The van der Waals surface area contributed by atoms with E-state index in [-0.39, 0.29) is 0 Å². The molecule has 1 atom stereocenters. The molecule has 2 heteroatoms. The summed E-state index contributed by atoms with van der Waals surface area (Å²) in [4.78, 5) is 0. The first-order valence-electron chi connectivity index (χ1n) is 7.70. The molecule has 0 aromatic rings. The summed E-state index contributed by atoms with van der Waals surface area (Å²) in [6.07, 6.45) is 12.9. The number of hydrogen-bond acceptors (Lipinski definition) is 2. The van der Waals surface area contributed by atoms with E-state index in [0.29, 0.717) is 5.41 Å². The van der Waals surface area contributed by atoms with Crippen LogP contribution in [0.3, 0.4) is 0 Å². The number of nitrogens with one attached hydrogen (secondary N) is 1. The molecule has 0 aromatic carbocycles. The second-order valence-electron chi connectivity index (χ2n) is 6.51. The average molecular weight is 237 g/mol. The van der Waals surface area contributed by atoms with Crippen molar-refractivity contribution in [3.05, 3.63) is 0 Å². The SMILES string of the molecule is C1CCCC(C2(CNC3CC3)CCOC2)CC1. The predicted octanol–water partition coefficient (Wildman–Crippen LogP) is 3.12. The van der Waals surface area contributed by atoms with E-state index in [1.165, 1.54) is 64.3 Å². The van der Waals surface area contributed by atoms with Crippen molar-refractivity contribution in [3.8, 4) is 0 Å². The minimum absolute atomic E-state index is 0.493. The van der Waals surface area contributed by atoms with E-state index in [2.05, 4.69) is 5.32 Å². The maximum absolute atomic E-state index is 5.77. The first-order chi connectivity index (χ1) is 8.39. The predicted molar refractivity (Wildman–Crippen MR) is 70.1 cm³/mol. The molecule has 3 aliphatic rings. The summed E-state index contributed by atoms with van der Waals surface area (Å²) in [6, 6.07) is 0.846. The van der Waals surface area contributed by atoms with Crippen LogP contribution in [0.2, 0.25) is 0 Å². The molecule has 1 N–H and O–H groups in total. The third kappa shape index (κ3) is 2.85. The van der Waals surface area contributed by atoms with E-state index >= 15 is 0 Å². The fourth-order valence-electron chi connectivity index (χ4n) is 3.76. The number of hydrogen-bond donors (Lipinski definition) is 1. The quantitative estimate of drug-likeness (QED) is 0.759. The molecule has 2 saturated carbocycles. The van der Waals surface area contributed by atoms with Crippen molar-refractivity contribution in [2.75, 3.05) is 19.8 Å². The van der Waals surface area contributed by atoms with Gasteiger partial charge in [0.15, 0.2) is 0 Å². The lowest BCUT2D eigenvalue weighted by Crippen LogP contribution is -2.41. The monoisotopic (exact) mass is 237 g/mol. The molecule has 0 bridgehead atoms. The van der Waals surface area contributed by atoms with Gasteiger partial charge in [0.25, 0.3) is 0 Å². The van der Waals surface area contributed by atoms with Crippen LogP contribution in [0.5, 0.6) is 0 Å². The fraction of sp³-hybridized carbons (Fsp3) is 1.00. The zero-order valence-electron chi connectivity index (χ0n) is 11.0. The Balaban J connectivity index is 1.63. The van der Waals surface area contributed by atoms with Crippen LogP contribution in [0, 0.1) is 11.3 Å². The van der Waals surface area contributed by atoms with Gasteiger partial charge in [-0.1, -0.05) is 25.7 Å². The van der Waals surface area contributed by atoms with Gasteiger partial charge in [-0.2, -0.15) is 0 Å². The van der Waals surface area contributed by atoms with Gasteiger partial charge >= 0.3 is 0 Å². The number of ether oxygens (including phenoxy) is 1. The maximum Gasteiger partial charge on any atom is 0.0538 e. The standard InChI is InChI=1S/C15H27NO/c1-2-4-6-13(5-3-1)15(9-10-17-12-15)11-16-14-7-8-14/h13-14,16H,1-12H2. The third-order valence-electron chi connectivity index (χ3n) is 5.18. The maximum atomic E-state index is 5.77. The molecule has 1 heterocycles. The van der Waals surface area contributed by atoms with E-state index < -0.39 is 0 Å². The second-order valence-corrected chi connectivity index (χ2v) is 6.51. The molecule has 0 amide bonds. The van der Waals surface area contributed by atoms with Gasteiger partial charge < -0.3 is 10.1 Å². The topological polar surface area (TPSA) is 21.3 Å². The van der Waals surface area contributed by atoms with E-state index in [9.17, 15) is 0 Å². The van der Waals surface area contributed by atoms with E-state index in [1.54, 1.807) is 0 Å². The van der Waals surface area contributed by atoms with Gasteiger partial charge in [-0.25, -0.2) is 0 Å². The van der Waals surface area contributed by atoms with Crippen molar-refractivity contribution in [2.45, 2.75) is 63.8 Å². The van der Waals surface area contributed by atoms with E-state index in [1.807, 2.05) is 0 Å². The molecule has 2 aliphatic carbocycles. The highest BCUT2D eigenvalue weighted by molar-refractivity contribution is 4.94. The average Bonchev–Trinajstić information content (AvgIpc) is 3.12. The van der Waals surface area contributed by atoms with Crippen LogP contribution in [0.4, 0.5) is 0 Å². The molecule has 0 radical (unpaired) electrons. The van der Waals surface area contributed by atoms with Crippen LogP contribution in [0.1, 0.15) is 57.8 Å². The van der Waals surface area contributed by atoms with Gasteiger partial charge in [-0.05, 0) is 38.0 Å². The van der Waals surface area contributed by atoms with Crippen LogP contribution in [-0.2, 0) is 4.74 Å². The normalized spacial score (nSPS) is 36.0. The zero-order valence-corrected chi connectivity index (χ0v) is 11.0. The van der Waals surface area contributed by atoms with Gasteiger partial charge in [-0.3, -0.25) is 0 Å². The highest BCUT2D eigenvalue weighted by atomic mass is 16.5. The molecular formula is C15H27NO. The summed E-state index contributed by atoms with van der Waals surface area (Å²) in [7, 11) is 0. The Bertz CT molecular complexity index is 235. The van der Waals surface area contributed by atoms with Crippen LogP contribution in [-0.4, -0.2) is 25.8 Å². The van der Waals surface area contributed by atoms with Gasteiger partial charge in [0.1, 0.15) is 0 Å². The Morgan fingerprint density at radius 3 is 2.35 bits per heavy atom. The highest BCUT2D eigenvalue weighted by Crippen LogP contribution is 2.43.